The summed E-state index contributed by atoms with van der Waals surface area (Å²) in [5, 5.41) is 1.44. The number of benzene rings is 2. The van der Waals surface area contributed by atoms with Crippen LogP contribution in [-0.2, 0) is 39.2 Å². The fraction of sp³-hybridized carbons (Fsp3) is 0.294. The summed E-state index contributed by atoms with van der Waals surface area (Å²) in [4.78, 5) is 0. The first-order valence-electron chi connectivity index (χ1n) is 7.40. The Hall–Kier alpha value is -0.655. The van der Waals surface area contributed by atoms with E-state index in [9.17, 15) is 26.1 Å². The molecule has 0 aromatic heterocycles. The number of rotatable bonds is 2. The third-order valence-electron chi connectivity index (χ3n) is 2.38. The summed E-state index contributed by atoms with van der Waals surface area (Å²) < 4.78 is 85.2. The maximum absolute atomic E-state index is 12.0. The molecule has 176 valence electrons. The lowest BCUT2D eigenvalue weighted by molar-refractivity contribution is -0.137. The zero-order chi connectivity index (χ0) is 23.5. The second-order valence-corrected chi connectivity index (χ2v) is 5.24. The number of hydrogen-bond acceptors (Lipinski definition) is 2. The van der Waals surface area contributed by atoms with Crippen LogP contribution in [-0.4, -0.2) is 8.99 Å². The van der Waals surface area contributed by atoms with E-state index in [1.807, 2.05) is 12.1 Å². The first kappa shape index (κ1) is 36.7. The van der Waals surface area contributed by atoms with E-state index < -0.39 is 19.3 Å². The molecule has 2 aromatic carbocycles. The summed E-state index contributed by atoms with van der Waals surface area (Å²) in [5.41, 5.74) is 1.45. The molecule has 0 heterocycles. The topological polar surface area (TPSA) is 0 Å². The van der Waals surface area contributed by atoms with E-state index in [1.165, 1.54) is 17.7 Å². The van der Waals surface area contributed by atoms with Gasteiger partial charge in [-0.15, -0.1) is 0 Å². The van der Waals surface area contributed by atoms with Crippen LogP contribution in [0, 0.1) is 0 Å². The molecule has 0 amide bonds. The van der Waals surface area contributed by atoms with Gasteiger partial charge in [0.15, 0.2) is 0 Å². The Kier molecular flexibility index (Phi) is 32.3. The van der Waals surface area contributed by atoms with Crippen LogP contribution in [0.1, 0.15) is 32.9 Å². The smallest absolute Gasteiger partial charge is 0.762 e. The minimum Gasteiger partial charge on any atom is -1.00 e. The number of halogens is 10. The van der Waals surface area contributed by atoms with Gasteiger partial charge in [0.2, 0.25) is 0 Å². The SMILES string of the molecule is C.C.FB(F)F.FC(F)(F)c1ccc(CBr)cc1.S=S.[3H]F.[3H]c1ccc(CBr)cc1.[F-]. The van der Waals surface area contributed by atoms with E-state index in [2.05, 4.69) is 55.7 Å². The van der Waals surface area contributed by atoms with Crippen LogP contribution in [0.4, 0.5) is 30.8 Å². The quantitative estimate of drug-likeness (QED) is 0.249. The maximum Gasteiger partial charge on any atom is 0.762 e. The molecule has 0 saturated heterocycles. The summed E-state index contributed by atoms with van der Waals surface area (Å²) in [6.07, 6.45) is -4.23. The molecule has 0 fully saturated rings. The van der Waals surface area contributed by atoms with E-state index in [0.717, 1.165) is 23.0 Å². The number of alkyl halides is 5. The van der Waals surface area contributed by atoms with E-state index in [0.29, 0.717) is 11.4 Å². The summed E-state index contributed by atoms with van der Waals surface area (Å²) >= 11 is 13.8. The molecule has 0 spiro atoms. The fourth-order valence-corrected chi connectivity index (χ4v) is 2.04. The lowest BCUT2D eigenvalue weighted by Crippen LogP contribution is -3.00. The summed E-state index contributed by atoms with van der Waals surface area (Å²) in [5.74, 6) is 0. The van der Waals surface area contributed by atoms with E-state index in [1.54, 1.807) is 12.1 Å². The van der Waals surface area contributed by atoms with Gasteiger partial charge in [-0.25, -0.2) is 0 Å². The third kappa shape index (κ3) is 25.4. The molecule has 2 rings (SSSR count). The predicted molar refractivity (Wildman–Crippen MR) is 123 cm³/mol. The molecule has 0 N–H and O–H groups in total. The zero-order valence-electron chi connectivity index (χ0n) is 15.7. The van der Waals surface area contributed by atoms with Gasteiger partial charge >= 0.3 is 13.7 Å². The minimum atomic E-state index is -4.23. The predicted octanol–water partition coefficient (Wildman–Crippen LogP) is 5.49. The van der Waals surface area contributed by atoms with Crippen LogP contribution in [0.2, 0.25) is 0 Å². The molecular formula is C17H22BBr2F8S2-. The standard InChI is InChI=1S/C8H6BrF3.C7H7Br.2CH4.BF3.2FH.S2/c9-5-6-1-3-7(4-2-6)8(10,11)12;8-6-7-4-2-1-3-5-7;;;2-1(3)4;;;1-2/h1-4H,5H2;1-5H,6H2;2*1H4;;2*1H;/p-1/i;1T;;;;;;/hT. The van der Waals surface area contributed by atoms with Crippen molar-refractivity contribution in [3.05, 3.63) is 71.3 Å². The first-order chi connectivity index (χ1) is 13.6. The van der Waals surface area contributed by atoms with Crippen LogP contribution < -0.4 is 4.70 Å². The molecule has 0 bridgehead atoms. The molecule has 2 aromatic rings. The Balaban J connectivity index is -0.0000000757. The highest BCUT2D eigenvalue weighted by Crippen LogP contribution is 2.29. The van der Waals surface area contributed by atoms with Gasteiger partial charge in [0.1, 0.15) is 0 Å². The van der Waals surface area contributed by atoms with Gasteiger partial charge < -0.3 is 4.70 Å². The van der Waals surface area contributed by atoms with Gasteiger partial charge in [0, 0.05) is 33.0 Å². The van der Waals surface area contributed by atoms with Crippen LogP contribution in [0.5, 0.6) is 0 Å². The highest BCUT2D eigenvalue weighted by Gasteiger charge is 2.29. The van der Waals surface area contributed by atoms with Crippen LogP contribution >= 0.6 is 31.9 Å². The molecule has 0 radical (unpaired) electrons. The second-order valence-electron chi connectivity index (χ2n) is 4.12. The van der Waals surface area contributed by atoms with Gasteiger partial charge in [0.05, 0.1) is 6.93 Å². The largest absolute Gasteiger partial charge is 1.00 e. The van der Waals surface area contributed by atoms with Crippen molar-refractivity contribution in [3.63, 3.8) is 0 Å². The van der Waals surface area contributed by atoms with Crippen LogP contribution in [0.3, 0.4) is 0 Å². The minimum absolute atomic E-state index is 0. The molecule has 0 saturated carbocycles. The highest BCUT2D eigenvalue weighted by atomic mass is 79.9. The lowest BCUT2D eigenvalue weighted by Gasteiger charge is -2.05. The molecule has 0 aliphatic heterocycles. The van der Waals surface area contributed by atoms with Gasteiger partial charge in [-0.1, -0.05) is 89.2 Å². The Labute approximate surface area is 202 Å². The molecule has 30 heavy (non-hydrogen) atoms. The zero-order valence-corrected chi connectivity index (χ0v) is 18.5. The average Bonchev–Trinajstić information content (AvgIpc) is 2.71. The van der Waals surface area contributed by atoms with Crippen molar-refractivity contribution in [2.45, 2.75) is 31.7 Å². The fourth-order valence-electron chi connectivity index (χ4n) is 1.29. The third-order valence-corrected chi connectivity index (χ3v) is 3.67. The Bertz CT molecular complexity index is 623. The van der Waals surface area contributed by atoms with Gasteiger partial charge in [0.25, 0.3) is 1.45 Å². The first-order valence-corrected chi connectivity index (χ1v) is 10.1. The highest BCUT2D eigenvalue weighted by molar-refractivity contribution is 9.08. The van der Waals surface area contributed by atoms with Crippen LogP contribution in [0.25, 0.3) is 0 Å². The summed E-state index contributed by atoms with van der Waals surface area (Å²) in [7, 11) is -3.67. The molecule has 0 unspecified atom stereocenters. The summed E-state index contributed by atoms with van der Waals surface area (Å²) in [6, 6.07) is 13.1. The lowest BCUT2D eigenvalue weighted by atomic mass is 10.1. The van der Waals surface area contributed by atoms with E-state index in [4.69, 9.17) is 6.09 Å². The molecule has 0 atom stereocenters. The van der Waals surface area contributed by atoms with Crippen LogP contribution in [0.15, 0.2) is 54.6 Å². The molecular weight excluding hydrogens is 591 g/mol. The molecule has 0 aliphatic carbocycles. The van der Waals surface area contributed by atoms with Crippen molar-refractivity contribution in [1.82, 2.24) is 0 Å². The van der Waals surface area contributed by atoms with E-state index in [-0.39, 0.29) is 19.6 Å². The van der Waals surface area contributed by atoms with Crippen molar-refractivity contribution in [2.24, 2.45) is 0 Å². The number of hydrogen-bond donors (Lipinski definition) is 0. The van der Waals surface area contributed by atoms with Gasteiger partial charge in [-0.05, 0) is 23.3 Å². The normalized spacial score (nSPS) is 8.83. The van der Waals surface area contributed by atoms with E-state index >= 15 is 0 Å². The van der Waals surface area contributed by atoms with Crippen molar-refractivity contribution in [2.75, 3.05) is 0 Å². The monoisotopic (exact) mass is 615 g/mol. The Morgan fingerprint density at radius 2 is 1.17 bits per heavy atom. The second kappa shape index (κ2) is 26.4. The molecule has 0 aliphatic rings. The maximum atomic E-state index is 12.0. The Morgan fingerprint density at radius 1 is 0.867 bits per heavy atom. The average molecular weight is 617 g/mol. The van der Waals surface area contributed by atoms with Gasteiger partial charge in [-0.3, -0.25) is 17.7 Å². The summed E-state index contributed by atoms with van der Waals surface area (Å²) in [6.45, 7) is 0. The Morgan fingerprint density at radius 3 is 1.43 bits per heavy atom. The van der Waals surface area contributed by atoms with Crippen molar-refractivity contribution >= 4 is 61.8 Å². The van der Waals surface area contributed by atoms with Crippen molar-refractivity contribution < 1.29 is 36.9 Å². The molecule has 13 heteroatoms. The van der Waals surface area contributed by atoms with Crippen molar-refractivity contribution in [1.29, 1.82) is 1.45 Å². The van der Waals surface area contributed by atoms with Crippen molar-refractivity contribution in [3.8, 4) is 0 Å². The molecule has 0 nitrogen and oxygen atoms in total. The van der Waals surface area contributed by atoms with Gasteiger partial charge in [-0.2, -0.15) is 13.2 Å².